The maximum absolute atomic E-state index is 12.3. The zero-order valence-corrected chi connectivity index (χ0v) is 14.7. The Balaban J connectivity index is 1.48. The van der Waals surface area contributed by atoms with E-state index in [0.29, 0.717) is 17.8 Å². The van der Waals surface area contributed by atoms with Crippen molar-refractivity contribution in [1.29, 1.82) is 0 Å². The topological polar surface area (TPSA) is 46.2 Å². The van der Waals surface area contributed by atoms with Gasteiger partial charge in [0.15, 0.2) is 0 Å². The van der Waals surface area contributed by atoms with Gasteiger partial charge >= 0.3 is 0 Å². The van der Waals surface area contributed by atoms with E-state index >= 15 is 0 Å². The monoisotopic (exact) mass is 355 g/mol. The lowest BCUT2D eigenvalue weighted by molar-refractivity contribution is -0.121. The predicted octanol–water partition coefficient (Wildman–Crippen LogP) is 4.29. The minimum atomic E-state index is 0.0263. The van der Waals surface area contributed by atoms with Crippen LogP contribution in [0.5, 0.6) is 0 Å². The third-order valence-corrected chi connectivity index (χ3v) is 5.53. The van der Waals surface area contributed by atoms with Gasteiger partial charge in [0.25, 0.3) is 0 Å². The lowest BCUT2D eigenvalue weighted by Crippen LogP contribution is -2.22. The molecule has 2 aromatic heterocycles. The van der Waals surface area contributed by atoms with Gasteiger partial charge < -0.3 is 5.32 Å². The van der Waals surface area contributed by atoms with Crippen molar-refractivity contribution < 1.29 is 9.59 Å². The standard InChI is InChI=1S/C19H17NO2S2/c21-18(11-8-14-5-2-1-3-6-14)20-13-15-9-10-17(24-15)19(22)16-7-4-12-23-16/h1-7,9-10,12H,8,11,13H2,(H,20,21). The van der Waals surface area contributed by atoms with E-state index in [9.17, 15) is 9.59 Å². The van der Waals surface area contributed by atoms with Gasteiger partial charge in [0.2, 0.25) is 11.7 Å². The first-order valence-corrected chi connectivity index (χ1v) is 9.39. The number of thiophene rings is 2. The highest BCUT2D eigenvalue weighted by molar-refractivity contribution is 7.16. The molecule has 0 atom stereocenters. The number of hydrogen-bond acceptors (Lipinski definition) is 4. The molecule has 122 valence electrons. The van der Waals surface area contributed by atoms with Gasteiger partial charge in [-0.3, -0.25) is 9.59 Å². The molecule has 0 aliphatic carbocycles. The molecule has 5 heteroatoms. The summed E-state index contributed by atoms with van der Waals surface area (Å²) in [4.78, 5) is 26.6. The molecule has 0 bridgehead atoms. The van der Waals surface area contributed by atoms with Crippen molar-refractivity contribution in [1.82, 2.24) is 5.32 Å². The number of amides is 1. The van der Waals surface area contributed by atoms with Crippen molar-refractivity contribution in [3.8, 4) is 0 Å². The van der Waals surface area contributed by atoms with Crippen LogP contribution in [-0.4, -0.2) is 11.7 Å². The molecule has 0 saturated carbocycles. The summed E-state index contributed by atoms with van der Waals surface area (Å²) in [5, 5.41) is 4.82. The highest BCUT2D eigenvalue weighted by atomic mass is 32.1. The summed E-state index contributed by atoms with van der Waals surface area (Å²) in [6.07, 6.45) is 1.20. The predicted molar refractivity (Wildman–Crippen MR) is 98.7 cm³/mol. The van der Waals surface area contributed by atoms with Crippen LogP contribution in [0.4, 0.5) is 0 Å². The molecule has 2 heterocycles. The smallest absolute Gasteiger partial charge is 0.220 e. The van der Waals surface area contributed by atoms with Gasteiger partial charge in [0.05, 0.1) is 16.3 Å². The van der Waals surface area contributed by atoms with Crippen LogP contribution in [0, 0.1) is 0 Å². The number of hydrogen-bond donors (Lipinski definition) is 1. The Bertz CT molecular complexity index is 807. The fourth-order valence-electron chi connectivity index (χ4n) is 2.30. The van der Waals surface area contributed by atoms with Gasteiger partial charge in [-0.1, -0.05) is 36.4 Å². The van der Waals surface area contributed by atoms with Crippen molar-refractivity contribution in [2.45, 2.75) is 19.4 Å². The number of carbonyl (C=O) groups excluding carboxylic acids is 2. The summed E-state index contributed by atoms with van der Waals surface area (Å²) in [5.41, 5.74) is 1.16. The molecule has 0 aliphatic heterocycles. The fraction of sp³-hybridized carbons (Fsp3) is 0.158. The molecule has 0 spiro atoms. The van der Waals surface area contributed by atoms with E-state index in [2.05, 4.69) is 5.32 Å². The number of ketones is 1. The Morgan fingerprint density at radius 3 is 2.50 bits per heavy atom. The molecular formula is C19H17NO2S2. The second-order valence-electron chi connectivity index (χ2n) is 5.33. The van der Waals surface area contributed by atoms with Crippen LogP contribution in [0.15, 0.2) is 60.0 Å². The average Bonchev–Trinajstić information content (AvgIpc) is 3.30. The summed E-state index contributed by atoms with van der Waals surface area (Å²) in [6, 6.07) is 17.4. The first kappa shape index (κ1) is 16.6. The van der Waals surface area contributed by atoms with Crippen LogP contribution >= 0.6 is 22.7 Å². The van der Waals surface area contributed by atoms with Gasteiger partial charge in [-0.25, -0.2) is 0 Å². The van der Waals surface area contributed by atoms with Crippen LogP contribution in [0.1, 0.15) is 31.4 Å². The first-order valence-electron chi connectivity index (χ1n) is 7.70. The quantitative estimate of drug-likeness (QED) is 0.643. The molecule has 3 aromatic rings. The van der Waals surface area contributed by atoms with E-state index in [1.807, 2.05) is 60.0 Å². The lowest BCUT2D eigenvalue weighted by atomic mass is 10.1. The highest BCUT2D eigenvalue weighted by Crippen LogP contribution is 2.22. The Morgan fingerprint density at radius 2 is 1.75 bits per heavy atom. The molecule has 0 radical (unpaired) electrons. The summed E-state index contributed by atoms with van der Waals surface area (Å²) in [7, 11) is 0. The van der Waals surface area contributed by atoms with Crippen molar-refractivity contribution >= 4 is 34.4 Å². The van der Waals surface area contributed by atoms with E-state index in [4.69, 9.17) is 0 Å². The Hall–Kier alpha value is -2.24. The summed E-state index contributed by atoms with van der Waals surface area (Å²) in [5.74, 6) is 0.0787. The summed E-state index contributed by atoms with van der Waals surface area (Å²) < 4.78 is 0. The van der Waals surface area contributed by atoms with E-state index in [1.165, 1.54) is 22.7 Å². The Kier molecular flexibility index (Phi) is 5.56. The van der Waals surface area contributed by atoms with Gasteiger partial charge in [-0.2, -0.15) is 0 Å². The van der Waals surface area contributed by atoms with E-state index < -0.39 is 0 Å². The Labute approximate surface area is 149 Å². The van der Waals surface area contributed by atoms with Crippen LogP contribution < -0.4 is 5.32 Å². The number of carbonyl (C=O) groups is 2. The minimum absolute atomic E-state index is 0.0263. The first-order chi connectivity index (χ1) is 11.7. The molecule has 24 heavy (non-hydrogen) atoms. The van der Waals surface area contributed by atoms with Crippen molar-refractivity contribution in [2.75, 3.05) is 0 Å². The third-order valence-electron chi connectivity index (χ3n) is 3.57. The van der Waals surface area contributed by atoms with E-state index in [1.54, 1.807) is 0 Å². The zero-order chi connectivity index (χ0) is 16.8. The number of benzene rings is 1. The number of rotatable bonds is 7. The normalized spacial score (nSPS) is 10.5. The molecule has 3 nitrogen and oxygen atoms in total. The van der Waals surface area contributed by atoms with E-state index in [-0.39, 0.29) is 11.7 Å². The second-order valence-corrected chi connectivity index (χ2v) is 7.45. The van der Waals surface area contributed by atoms with Crippen LogP contribution in [0.25, 0.3) is 0 Å². The number of aryl methyl sites for hydroxylation is 1. The van der Waals surface area contributed by atoms with Gasteiger partial charge in [-0.15, -0.1) is 22.7 Å². The van der Waals surface area contributed by atoms with Gasteiger partial charge in [0.1, 0.15) is 0 Å². The Morgan fingerprint density at radius 1 is 0.917 bits per heavy atom. The van der Waals surface area contributed by atoms with Gasteiger partial charge in [0, 0.05) is 11.3 Å². The molecule has 0 unspecified atom stereocenters. The molecule has 1 amide bonds. The van der Waals surface area contributed by atoms with E-state index in [0.717, 1.165) is 21.7 Å². The molecule has 1 N–H and O–H groups in total. The summed E-state index contributed by atoms with van der Waals surface area (Å²) in [6.45, 7) is 0.468. The molecule has 0 aliphatic rings. The largest absolute Gasteiger partial charge is 0.351 e. The molecule has 3 rings (SSSR count). The molecule has 1 aromatic carbocycles. The summed E-state index contributed by atoms with van der Waals surface area (Å²) >= 11 is 2.88. The van der Waals surface area contributed by atoms with Gasteiger partial charge in [-0.05, 0) is 35.6 Å². The van der Waals surface area contributed by atoms with Crippen molar-refractivity contribution in [2.24, 2.45) is 0 Å². The maximum atomic E-state index is 12.3. The average molecular weight is 355 g/mol. The lowest BCUT2D eigenvalue weighted by Gasteiger charge is -2.04. The fourth-order valence-corrected chi connectivity index (χ4v) is 3.94. The molecular weight excluding hydrogens is 338 g/mol. The minimum Gasteiger partial charge on any atom is -0.351 e. The zero-order valence-electron chi connectivity index (χ0n) is 13.0. The van der Waals surface area contributed by atoms with Crippen molar-refractivity contribution in [3.63, 3.8) is 0 Å². The number of nitrogens with one attached hydrogen (secondary N) is 1. The van der Waals surface area contributed by atoms with Crippen LogP contribution in [-0.2, 0) is 17.8 Å². The molecule has 0 saturated heterocycles. The van der Waals surface area contributed by atoms with Crippen LogP contribution in [0.2, 0.25) is 0 Å². The highest BCUT2D eigenvalue weighted by Gasteiger charge is 2.13. The van der Waals surface area contributed by atoms with Crippen LogP contribution in [0.3, 0.4) is 0 Å². The van der Waals surface area contributed by atoms with Crippen molar-refractivity contribution in [3.05, 3.63) is 80.2 Å². The molecule has 0 fully saturated rings. The maximum Gasteiger partial charge on any atom is 0.220 e. The second kappa shape index (κ2) is 8.04. The SMILES string of the molecule is O=C(CCc1ccccc1)NCc1ccc(C(=O)c2cccs2)s1. The third kappa shape index (κ3) is 4.40.